The van der Waals surface area contributed by atoms with E-state index in [4.69, 9.17) is 9.47 Å². The summed E-state index contributed by atoms with van der Waals surface area (Å²) in [6, 6.07) is 20.6. The summed E-state index contributed by atoms with van der Waals surface area (Å²) in [6.45, 7) is 4.56. The summed E-state index contributed by atoms with van der Waals surface area (Å²) in [4.78, 5) is 31.0. The van der Waals surface area contributed by atoms with Crippen LogP contribution in [0.15, 0.2) is 71.5 Å². The first-order chi connectivity index (χ1) is 17.4. The lowest BCUT2D eigenvalue weighted by Crippen LogP contribution is -2.37. The minimum absolute atomic E-state index is 0.171. The number of aryl methyl sites for hydroxylation is 2. The molecule has 0 saturated carbocycles. The van der Waals surface area contributed by atoms with E-state index in [0.717, 1.165) is 27.6 Å². The maximum Gasteiger partial charge on any atom is 0.322 e. The molecule has 2 amide bonds. The van der Waals surface area contributed by atoms with Gasteiger partial charge < -0.3 is 24.7 Å². The average molecular weight is 486 g/mol. The highest BCUT2D eigenvalue weighted by molar-refractivity contribution is 5.89. The molecule has 0 fully saturated rings. The monoisotopic (exact) mass is 485 g/mol. The maximum absolute atomic E-state index is 13.3. The van der Waals surface area contributed by atoms with Crippen molar-refractivity contribution in [3.8, 4) is 11.5 Å². The van der Waals surface area contributed by atoms with Crippen LogP contribution in [0, 0.1) is 13.8 Å². The number of anilines is 1. The van der Waals surface area contributed by atoms with Crippen LogP contribution in [0.25, 0.3) is 10.9 Å². The number of rotatable bonds is 8. The number of aromatic amines is 1. The number of ether oxygens (including phenoxy) is 2. The van der Waals surface area contributed by atoms with E-state index in [1.54, 1.807) is 19.1 Å². The summed E-state index contributed by atoms with van der Waals surface area (Å²) < 4.78 is 10.7. The van der Waals surface area contributed by atoms with Crippen molar-refractivity contribution in [3.63, 3.8) is 0 Å². The number of carbonyl (C=O) groups is 1. The molecule has 0 aliphatic rings. The Hall–Kier alpha value is -4.26. The molecule has 0 aliphatic heterocycles. The van der Waals surface area contributed by atoms with Crippen LogP contribution in [0.4, 0.5) is 10.5 Å². The van der Waals surface area contributed by atoms with Crippen molar-refractivity contribution in [1.82, 2.24) is 9.88 Å². The van der Waals surface area contributed by atoms with Gasteiger partial charge in [0.2, 0.25) is 0 Å². The molecular formula is C29H31N3O4. The lowest BCUT2D eigenvalue weighted by Gasteiger charge is -2.23. The van der Waals surface area contributed by atoms with Crippen molar-refractivity contribution in [3.05, 3.63) is 99.3 Å². The van der Waals surface area contributed by atoms with Crippen LogP contribution in [-0.4, -0.2) is 36.7 Å². The Morgan fingerprint density at radius 2 is 1.64 bits per heavy atom. The molecule has 1 heterocycles. The van der Waals surface area contributed by atoms with Gasteiger partial charge in [-0.05, 0) is 67.3 Å². The fourth-order valence-electron chi connectivity index (χ4n) is 4.22. The molecule has 1 aromatic heterocycles. The average Bonchev–Trinajstić information content (AvgIpc) is 2.89. The Bertz CT molecular complexity index is 1430. The summed E-state index contributed by atoms with van der Waals surface area (Å²) in [5, 5.41) is 3.93. The Labute approximate surface area is 210 Å². The molecule has 0 saturated heterocycles. The molecular weight excluding hydrogens is 454 g/mol. The smallest absolute Gasteiger partial charge is 0.322 e. The number of nitrogens with zero attached hydrogens (tertiary/aromatic N) is 1. The number of H-pyrrole nitrogens is 1. The van der Waals surface area contributed by atoms with E-state index in [2.05, 4.69) is 10.3 Å². The van der Waals surface area contributed by atoms with E-state index < -0.39 is 0 Å². The Morgan fingerprint density at radius 1 is 0.917 bits per heavy atom. The zero-order chi connectivity index (χ0) is 25.7. The Morgan fingerprint density at radius 3 is 2.36 bits per heavy atom. The van der Waals surface area contributed by atoms with Gasteiger partial charge in [0.05, 0.1) is 26.3 Å². The van der Waals surface area contributed by atoms with Crippen molar-refractivity contribution < 1.29 is 14.3 Å². The molecule has 0 unspecified atom stereocenters. The number of carbonyl (C=O) groups excluding carboxylic acids is 1. The highest BCUT2D eigenvalue weighted by Gasteiger charge is 2.18. The van der Waals surface area contributed by atoms with Gasteiger partial charge in [0.25, 0.3) is 5.56 Å². The predicted molar refractivity (Wildman–Crippen MR) is 143 cm³/mol. The van der Waals surface area contributed by atoms with Gasteiger partial charge in [0.15, 0.2) is 11.5 Å². The third kappa shape index (κ3) is 5.51. The van der Waals surface area contributed by atoms with Crippen molar-refractivity contribution in [2.75, 3.05) is 26.1 Å². The summed E-state index contributed by atoms with van der Waals surface area (Å²) in [5.74, 6) is 1.28. The molecule has 7 nitrogen and oxygen atoms in total. The molecule has 0 bridgehead atoms. The van der Waals surface area contributed by atoms with Crippen molar-refractivity contribution in [1.29, 1.82) is 0 Å². The second-order valence-corrected chi connectivity index (χ2v) is 8.77. The van der Waals surface area contributed by atoms with Crippen LogP contribution in [0.3, 0.4) is 0 Å². The highest BCUT2D eigenvalue weighted by atomic mass is 16.5. The largest absolute Gasteiger partial charge is 0.493 e. The third-order valence-corrected chi connectivity index (χ3v) is 6.31. The van der Waals surface area contributed by atoms with Gasteiger partial charge in [0, 0.05) is 23.2 Å². The van der Waals surface area contributed by atoms with Gasteiger partial charge in [-0.3, -0.25) is 4.79 Å². The van der Waals surface area contributed by atoms with Gasteiger partial charge in [-0.2, -0.15) is 0 Å². The van der Waals surface area contributed by atoms with Crippen molar-refractivity contribution in [2.45, 2.75) is 26.8 Å². The number of pyridine rings is 1. The molecule has 186 valence electrons. The van der Waals surface area contributed by atoms with Crippen molar-refractivity contribution in [2.24, 2.45) is 0 Å². The molecule has 7 heteroatoms. The SMILES string of the molecule is COc1ccc(CCN(Cc2cc3c(C)ccc(C)c3[nH]c2=O)C(=O)Nc2ccccc2)cc1OC. The van der Waals surface area contributed by atoms with E-state index in [0.29, 0.717) is 35.7 Å². The van der Waals surface area contributed by atoms with Gasteiger partial charge in [0.1, 0.15) is 0 Å². The Balaban J connectivity index is 1.63. The molecule has 0 radical (unpaired) electrons. The van der Waals surface area contributed by atoms with E-state index in [1.807, 2.05) is 80.6 Å². The summed E-state index contributed by atoms with van der Waals surface area (Å²) in [5.41, 5.74) is 4.92. The number of aromatic nitrogens is 1. The second kappa shape index (κ2) is 11.0. The second-order valence-electron chi connectivity index (χ2n) is 8.77. The first-order valence-corrected chi connectivity index (χ1v) is 11.8. The molecule has 3 aromatic carbocycles. The summed E-state index contributed by atoms with van der Waals surface area (Å²) >= 11 is 0. The summed E-state index contributed by atoms with van der Waals surface area (Å²) in [6.07, 6.45) is 0.576. The van der Waals surface area contributed by atoms with Gasteiger partial charge in [-0.25, -0.2) is 4.79 Å². The van der Waals surface area contributed by atoms with Crippen LogP contribution in [0.1, 0.15) is 22.3 Å². The lowest BCUT2D eigenvalue weighted by molar-refractivity contribution is 0.209. The quantitative estimate of drug-likeness (QED) is 0.348. The number of fused-ring (bicyclic) bond motifs is 1. The number of hydrogen-bond acceptors (Lipinski definition) is 4. The van der Waals surface area contributed by atoms with E-state index in [1.165, 1.54) is 0 Å². The fraction of sp³-hybridized carbons (Fsp3) is 0.241. The standard InChI is InChI=1S/C29H31N3O4/c1-19-10-11-20(2)27-24(19)17-22(28(33)31-27)18-32(29(34)30-23-8-6-5-7-9-23)15-14-21-12-13-25(35-3)26(16-21)36-4/h5-13,16-17H,14-15,18H2,1-4H3,(H,30,34)(H,31,33). The first kappa shape index (κ1) is 24.9. The van der Waals surface area contributed by atoms with Crippen molar-refractivity contribution >= 4 is 22.6 Å². The lowest BCUT2D eigenvalue weighted by atomic mass is 10.0. The molecule has 0 spiro atoms. The van der Waals surface area contributed by atoms with Crippen LogP contribution in [0.2, 0.25) is 0 Å². The molecule has 0 atom stereocenters. The van der Waals surface area contributed by atoms with E-state index in [9.17, 15) is 9.59 Å². The van der Waals surface area contributed by atoms with Crippen LogP contribution in [0.5, 0.6) is 11.5 Å². The summed E-state index contributed by atoms with van der Waals surface area (Å²) in [7, 11) is 3.19. The number of urea groups is 1. The number of nitrogens with one attached hydrogen (secondary N) is 2. The van der Waals surface area contributed by atoms with Crippen LogP contribution >= 0.6 is 0 Å². The van der Waals surface area contributed by atoms with E-state index in [-0.39, 0.29) is 18.1 Å². The maximum atomic E-state index is 13.3. The number of amides is 2. The number of para-hydroxylation sites is 1. The minimum atomic E-state index is -0.276. The van der Waals surface area contributed by atoms with Gasteiger partial charge in [-0.15, -0.1) is 0 Å². The molecule has 36 heavy (non-hydrogen) atoms. The zero-order valence-corrected chi connectivity index (χ0v) is 21.1. The van der Waals surface area contributed by atoms with Gasteiger partial charge in [-0.1, -0.05) is 36.4 Å². The first-order valence-electron chi connectivity index (χ1n) is 11.8. The number of hydrogen-bond donors (Lipinski definition) is 2. The molecule has 4 aromatic rings. The molecule has 0 aliphatic carbocycles. The number of benzene rings is 3. The topological polar surface area (TPSA) is 83.7 Å². The normalized spacial score (nSPS) is 10.8. The van der Waals surface area contributed by atoms with Gasteiger partial charge >= 0.3 is 6.03 Å². The fourth-order valence-corrected chi connectivity index (χ4v) is 4.22. The van der Waals surface area contributed by atoms with E-state index >= 15 is 0 Å². The minimum Gasteiger partial charge on any atom is -0.493 e. The predicted octanol–water partition coefficient (Wildman–Crippen LogP) is 5.44. The highest BCUT2D eigenvalue weighted by Crippen LogP contribution is 2.28. The zero-order valence-electron chi connectivity index (χ0n) is 21.1. The number of methoxy groups -OCH3 is 2. The van der Waals surface area contributed by atoms with Crippen LogP contribution in [-0.2, 0) is 13.0 Å². The molecule has 4 rings (SSSR count). The molecule has 2 N–H and O–H groups in total. The van der Waals surface area contributed by atoms with Crippen LogP contribution < -0.4 is 20.3 Å². The Kier molecular flexibility index (Phi) is 7.59. The third-order valence-electron chi connectivity index (χ3n) is 6.31.